The Morgan fingerprint density at radius 3 is 2.68 bits per heavy atom. The van der Waals surface area contributed by atoms with Crippen LogP contribution in [-0.4, -0.2) is 28.3 Å². The summed E-state index contributed by atoms with van der Waals surface area (Å²) in [7, 11) is 0. The Morgan fingerprint density at radius 2 is 2.21 bits per heavy atom. The number of aromatic nitrogens is 1. The van der Waals surface area contributed by atoms with Gasteiger partial charge in [0.1, 0.15) is 11.6 Å². The topological polar surface area (TPSA) is 79.9 Å². The number of anilines is 1. The monoisotopic (exact) mass is 279 g/mol. The van der Waals surface area contributed by atoms with E-state index in [1.165, 1.54) is 23.2 Å². The molecule has 8 heteroatoms. The molecule has 4 N–H and O–H groups in total. The van der Waals surface area contributed by atoms with Crippen LogP contribution in [0.25, 0.3) is 0 Å². The molecule has 0 aliphatic carbocycles. The van der Waals surface area contributed by atoms with E-state index in [0.717, 1.165) is 6.92 Å². The quantitative estimate of drug-likeness (QED) is 0.836. The third-order valence-electron chi connectivity index (χ3n) is 2.58. The van der Waals surface area contributed by atoms with E-state index in [2.05, 4.69) is 16.9 Å². The minimum atomic E-state index is -2.93. The predicted octanol–water partition coefficient (Wildman–Crippen LogP) is 0.720. The van der Waals surface area contributed by atoms with Crippen molar-refractivity contribution < 1.29 is 24.1 Å². The summed E-state index contributed by atoms with van der Waals surface area (Å²) in [5.74, 6) is -2.23. The molecule has 0 spiro atoms. The van der Waals surface area contributed by atoms with Crippen LogP contribution in [0.2, 0.25) is 0 Å². The molecule has 0 saturated carbocycles. The number of pyridine rings is 1. The molecule has 1 saturated heterocycles. The molecule has 19 heavy (non-hydrogen) atoms. The maximum absolute atomic E-state index is 13.2. The number of rotatable bonds is 2. The van der Waals surface area contributed by atoms with Crippen molar-refractivity contribution in [3.05, 3.63) is 36.3 Å². The molecule has 1 aromatic rings. The van der Waals surface area contributed by atoms with Gasteiger partial charge >= 0.3 is 0 Å². The number of nitrogens with zero attached hydrogens (tertiary/aromatic N) is 2. The van der Waals surface area contributed by atoms with Gasteiger partial charge in [-0.3, -0.25) is 9.60 Å². The third-order valence-corrected chi connectivity index (χ3v) is 2.58. The van der Waals surface area contributed by atoms with Gasteiger partial charge in [-0.25, -0.2) is 13.8 Å². The summed E-state index contributed by atoms with van der Waals surface area (Å²) in [6.07, 6.45) is 0.455. The average molecular weight is 279 g/mol. The molecule has 0 amide bonds. The van der Waals surface area contributed by atoms with E-state index in [-0.39, 0.29) is 21.6 Å². The minimum Gasteiger partial charge on any atom is -0.412 e. The lowest BCUT2D eigenvalue weighted by atomic mass is 10.1. The highest BCUT2D eigenvalue weighted by molar-refractivity contribution is 5.49. The molecule has 1 aromatic heterocycles. The van der Waals surface area contributed by atoms with E-state index in [9.17, 15) is 13.9 Å². The Kier molecular flexibility index (Phi) is 5.34. The van der Waals surface area contributed by atoms with E-state index < -0.39 is 12.2 Å². The summed E-state index contributed by atoms with van der Waals surface area (Å²) in [6, 6.07) is 2.50. The van der Waals surface area contributed by atoms with E-state index in [4.69, 9.17) is 0 Å². The van der Waals surface area contributed by atoms with E-state index in [0.29, 0.717) is 12.4 Å². The van der Waals surface area contributed by atoms with Gasteiger partial charge in [0, 0.05) is 18.7 Å². The number of alkyl halides is 2. The van der Waals surface area contributed by atoms with Crippen LogP contribution >= 0.6 is 0 Å². The van der Waals surface area contributed by atoms with Crippen molar-refractivity contribution >= 4 is 5.82 Å². The smallest absolute Gasteiger partial charge is 0.270 e. The molecular formula is C11H16F3N3O2. The molecule has 0 radical (unpaired) electrons. The fourth-order valence-electron chi connectivity index (χ4n) is 1.68. The lowest BCUT2D eigenvalue weighted by molar-refractivity contribution is 0.0174. The molecule has 2 heterocycles. The third kappa shape index (κ3) is 3.36. The van der Waals surface area contributed by atoms with Gasteiger partial charge in [0.15, 0.2) is 6.23 Å². The molecular weight excluding hydrogens is 263 g/mol. The van der Waals surface area contributed by atoms with Gasteiger partial charge < -0.3 is 15.9 Å². The summed E-state index contributed by atoms with van der Waals surface area (Å²) < 4.78 is 26.3. The largest absolute Gasteiger partial charge is 0.412 e. The zero-order valence-corrected chi connectivity index (χ0v) is 10.2. The molecule has 2 rings (SSSR count). The lowest BCUT2D eigenvalue weighted by Gasteiger charge is -2.22. The van der Waals surface area contributed by atoms with Crippen molar-refractivity contribution in [1.82, 2.24) is 10.3 Å². The highest BCUT2D eigenvalue weighted by atomic mass is 19.3. The predicted molar refractivity (Wildman–Crippen MR) is 65.6 cm³/mol. The Balaban J connectivity index is 0.00000162. The zero-order valence-electron chi connectivity index (χ0n) is 10.2. The molecule has 0 bridgehead atoms. The van der Waals surface area contributed by atoms with E-state index in [1.54, 1.807) is 0 Å². The molecule has 5 nitrogen and oxygen atoms in total. The summed E-state index contributed by atoms with van der Waals surface area (Å²) in [5, 5.41) is 12.5. The van der Waals surface area contributed by atoms with Crippen molar-refractivity contribution in [2.45, 2.75) is 19.1 Å². The highest BCUT2D eigenvalue weighted by Crippen LogP contribution is 2.30. The zero-order chi connectivity index (χ0) is 12.6. The lowest BCUT2D eigenvalue weighted by Crippen LogP contribution is -2.29. The highest BCUT2D eigenvalue weighted by Gasteiger charge is 2.29. The van der Waals surface area contributed by atoms with Gasteiger partial charge in [0.2, 0.25) is 0 Å². The number of nitrogens with one attached hydrogen (secondary N) is 1. The van der Waals surface area contributed by atoms with Gasteiger partial charge in [-0.2, -0.15) is 0 Å². The molecule has 1 aliphatic rings. The van der Waals surface area contributed by atoms with Crippen LogP contribution in [0.3, 0.4) is 0 Å². The van der Waals surface area contributed by atoms with Crippen LogP contribution in [-0.2, 0) is 5.92 Å². The Hall–Kier alpha value is -1.80. The Labute approximate surface area is 108 Å². The van der Waals surface area contributed by atoms with Crippen molar-refractivity contribution in [1.29, 1.82) is 0 Å². The molecule has 1 unspecified atom stereocenters. The molecule has 0 aromatic carbocycles. The van der Waals surface area contributed by atoms with Gasteiger partial charge in [-0.1, -0.05) is 6.58 Å². The number of halogens is 3. The van der Waals surface area contributed by atoms with Crippen molar-refractivity contribution in [2.24, 2.45) is 0 Å². The second-order valence-corrected chi connectivity index (χ2v) is 3.97. The normalized spacial score (nSPS) is 18.4. The van der Waals surface area contributed by atoms with Gasteiger partial charge in [0.25, 0.3) is 5.92 Å². The molecule has 1 aliphatic heterocycles. The maximum atomic E-state index is 13.2. The van der Waals surface area contributed by atoms with Crippen LogP contribution in [0, 0.1) is 0 Å². The Bertz CT molecular complexity index is 451. The van der Waals surface area contributed by atoms with Crippen molar-refractivity contribution in [2.75, 3.05) is 11.4 Å². The summed E-state index contributed by atoms with van der Waals surface area (Å²) in [4.78, 5) is 5.35. The fraction of sp³-hybridized carbons (Fsp3) is 0.364. The van der Waals surface area contributed by atoms with E-state index >= 15 is 0 Å². The summed E-state index contributed by atoms with van der Waals surface area (Å²) in [5.41, 5.74) is -0.144. The van der Waals surface area contributed by atoms with Crippen LogP contribution in [0.1, 0.15) is 12.5 Å². The van der Waals surface area contributed by atoms with Crippen molar-refractivity contribution in [3.8, 4) is 0 Å². The number of aliphatic hydroxyl groups excluding tert-OH is 1. The SMILES string of the molecule is C=C1NCC(O)N1c1cc(C(C)(F)F)ccn1.F.O. The van der Waals surface area contributed by atoms with Crippen LogP contribution in [0.15, 0.2) is 30.7 Å². The first kappa shape index (κ1) is 17.2. The number of hydrogen-bond acceptors (Lipinski definition) is 4. The second kappa shape index (κ2) is 5.89. The van der Waals surface area contributed by atoms with Gasteiger partial charge in [-0.05, 0) is 12.1 Å². The first-order chi connectivity index (χ1) is 7.89. The van der Waals surface area contributed by atoms with Gasteiger partial charge in [0.05, 0.1) is 6.54 Å². The fourth-order valence-corrected chi connectivity index (χ4v) is 1.68. The van der Waals surface area contributed by atoms with Crippen LogP contribution < -0.4 is 10.2 Å². The van der Waals surface area contributed by atoms with Crippen LogP contribution in [0.5, 0.6) is 0 Å². The molecule has 108 valence electrons. The van der Waals surface area contributed by atoms with E-state index in [1.807, 2.05) is 0 Å². The second-order valence-electron chi connectivity index (χ2n) is 3.97. The van der Waals surface area contributed by atoms with Gasteiger partial charge in [-0.15, -0.1) is 0 Å². The maximum Gasteiger partial charge on any atom is 0.270 e. The minimum absolute atomic E-state index is 0. The summed E-state index contributed by atoms with van der Waals surface area (Å²) in [6.45, 7) is 4.80. The number of β-amino-alcohol motifs (C(OH)–C–C–N with tert-alkyl or cyclic N) is 1. The number of hydrogen-bond donors (Lipinski definition) is 2. The molecule has 1 fully saturated rings. The van der Waals surface area contributed by atoms with Crippen LogP contribution in [0.4, 0.5) is 19.3 Å². The first-order valence-corrected chi connectivity index (χ1v) is 5.14. The standard InChI is InChI=1S/C11H13F2N3O.FH.H2O/c1-7-15-6-10(17)16(7)9-5-8(3-4-14-9)11(2,12)13;;/h3-5,10,15,17H,1,6H2,2H3;1H;1H2. The Morgan fingerprint density at radius 1 is 1.58 bits per heavy atom. The van der Waals surface area contributed by atoms with Crippen molar-refractivity contribution in [3.63, 3.8) is 0 Å². The number of aliphatic hydroxyl groups is 1. The summed E-state index contributed by atoms with van der Waals surface area (Å²) >= 11 is 0. The average Bonchev–Trinajstić information content (AvgIpc) is 2.57. The molecule has 1 atom stereocenters. The first-order valence-electron chi connectivity index (χ1n) is 5.14.